The first kappa shape index (κ1) is 48.2. The first-order valence-electron chi connectivity index (χ1n) is 24.3. The molecular weight excluding hydrogens is 617 g/mol. The maximum absolute atomic E-state index is 5.06. The van der Waals surface area contributed by atoms with Gasteiger partial charge in [-0.3, -0.25) is 0 Å². The molecule has 2 nitrogen and oxygen atoms in total. The molecule has 0 spiro atoms. The summed E-state index contributed by atoms with van der Waals surface area (Å²) in [6.07, 6.45) is 61.6. The number of hydrogen-bond acceptors (Lipinski definition) is 1. The third-order valence-electron chi connectivity index (χ3n) is 12.1. The molecule has 1 aromatic heterocycles. The minimum atomic E-state index is 0.585. The average molecular weight is 713 g/mol. The van der Waals surface area contributed by atoms with Gasteiger partial charge in [0.1, 0.15) is 5.82 Å². The predicted molar refractivity (Wildman–Crippen MR) is 231 cm³/mol. The Morgan fingerprint density at radius 1 is 0.373 bits per heavy atom. The Kier molecular flexibility index (Phi) is 36.8. The van der Waals surface area contributed by atoms with E-state index in [9.17, 15) is 0 Å². The van der Waals surface area contributed by atoms with Crippen molar-refractivity contribution in [1.29, 1.82) is 0 Å². The standard InChI is InChI=1S/C49H96N2/c1-5-8-11-14-17-20-23-24-25-26-27-29-32-35-38-41-44-48(43-40-37-34-31-28-21-18-15-12-9-6-2)49-50-45-46-51(49)47(4)42-39-36-33-30-22-19-16-13-10-7-3/h45-48H,5-44H2,1-4H3. The van der Waals surface area contributed by atoms with Gasteiger partial charge < -0.3 is 4.57 Å². The Morgan fingerprint density at radius 3 is 0.922 bits per heavy atom. The Balaban J connectivity index is 2.36. The molecule has 0 saturated heterocycles. The van der Waals surface area contributed by atoms with Crippen molar-refractivity contribution < 1.29 is 0 Å². The Bertz CT molecular complexity index is 783. The van der Waals surface area contributed by atoms with E-state index in [-0.39, 0.29) is 0 Å². The van der Waals surface area contributed by atoms with Gasteiger partial charge in [-0.25, -0.2) is 4.98 Å². The number of hydrogen-bond donors (Lipinski definition) is 0. The molecule has 0 N–H and O–H groups in total. The zero-order chi connectivity index (χ0) is 36.7. The van der Waals surface area contributed by atoms with Crippen molar-refractivity contribution >= 4 is 0 Å². The fraction of sp³-hybridized carbons (Fsp3) is 0.939. The van der Waals surface area contributed by atoms with Gasteiger partial charge in [0.15, 0.2) is 0 Å². The van der Waals surface area contributed by atoms with Crippen LogP contribution in [-0.4, -0.2) is 9.55 Å². The summed E-state index contributed by atoms with van der Waals surface area (Å²) in [6, 6.07) is 0.585. The van der Waals surface area contributed by atoms with E-state index in [1.165, 1.54) is 263 Å². The van der Waals surface area contributed by atoms with Gasteiger partial charge >= 0.3 is 0 Å². The van der Waals surface area contributed by atoms with Crippen LogP contribution in [0.4, 0.5) is 0 Å². The zero-order valence-electron chi connectivity index (χ0n) is 36.0. The van der Waals surface area contributed by atoms with Crippen molar-refractivity contribution in [2.75, 3.05) is 0 Å². The molecule has 2 unspecified atom stereocenters. The molecule has 1 rings (SSSR count). The summed E-state index contributed by atoms with van der Waals surface area (Å²) in [5.74, 6) is 2.07. The van der Waals surface area contributed by atoms with E-state index in [1.54, 1.807) is 0 Å². The van der Waals surface area contributed by atoms with Crippen LogP contribution in [0.3, 0.4) is 0 Å². The van der Waals surface area contributed by atoms with E-state index < -0.39 is 0 Å². The number of rotatable bonds is 42. The van der Waals surface area contributed by atoms with E-state index in [4.69, 9.17) is 4.98 Å². The summed E-state index contributed by atoms with van der Waals surface area (Å²) in [6.45, 7) is 9.41. The van der Waals surface area contributed by atoms with Crippen LogP contribution in [0.15, 0.2) is 12.4 Å². The van der Waals surface area contributed by atoms with Crippen molar-refractivity contribution in [2.24, 2.45) is 0 Å². The Labute approximate surface area is 323 Å². The molecule has 1 heterocycles. The highest BCUT2D eigenvalue weighted by atomic mass is 15.1. The van der Waals surface area contributed by atoms with Gasteiger partial charge in [0.05, 0.1) is 0 Å². The Hall–Kier alpha value is -0.790. The van der Waals surface area contributed by atoms with Crippen LogP contribution in [-0.2, 0) is 0 Å². The number of aromatic nitrogens is 2. The molecule has 302 valence electrons. The Morgan fingerprint density at radius 2 is 0.627 bits per heavy atom. The van der Waals surface area contributed by atoms with Crippen molar-refractivity contribution in [3.05, 3.63) is 18.2 Å². The molecule has 2 atom stereocenters. The van der Waals surface area contributed by atoms with Crippen molar-refractivity contribution in [3.8, 4) is 0 Å². The fourth-order valence-electron chi connectivity index (χ4n) is 8.48. The highest BCUT2D eigenvalue weighted by Crippen LogP contribution is 2.31. The molecule has 0 radical (unpaired) electrons. The summed E-state index contributed by atoms with van der Waals surface area (Å²) >= 11 is 0. The fourth-order valence-corrected chi connectivity index (χ4v) is 8.48. The monoisotopic (exact) mass is 713 g/mol. The van der Waals surface area contributed by atoms with Crippen LogP contribution in [0.2, 0.25) is 0 Å². The van der Waals surface area contributed by atoms with Crippen molar-refractivity contribution in [1.82, 2.24) is 9.55 Å². The number of imidazole rings is 1. The summed E-state index contributed by atoms with van der Waals surface area (Å²) < 4.78 is 2.60. The SMILES string of the molecule is CCCCCCCCCCCCCCCCCCC(CCCCCCCCCCCCC)c1nccn1C(C)CCCCCCCCCCCC. The van der Waals surface area contributed by atoms with E-state index in [2.05, 4.69) is 44.7 Å². The predicted octanol–water partition coefficient (Wildman–Crippen LogP) is 18.2. The molecule has 0 amide bonds. The third kappa shape index (κ3) is 30.3. The lowest BCUT2D eigenvalue weighted by Gasteiger charge is -2.22. The summed E-state index contributed by atoms with van der Waals surface area (Å²) in [5.41, 5.74) is 0. The van der Waals surface area contributed by atoms with Gasteiger partial charge in [0, 0.05) is 24.4 Å². The normalized spacial score (nSPS) is 12.9. The quantitative estimate of drug-likeness (QED) is 0.0617. The topological polar surface area (TPSA) is 17.8 Å². The highest BCUT2D eigenvalue weighted by molar-refractivity contribution is 5.02. The minimum absolute atomic E-state index is 0.585. The van der Waals surface area contributed by atoms with Gasteiger partial charge in [-0.05, 0) is 26.2 Å². The molecule has 0 aliphatic carbocycles. The first-order chi connectivity index (χ1) is 25.2. The molecule has 0 aromatic carbocycles. The number of nitrogens with zero attached hydrogens (tertiary/aromatic N) is 2. The summed E-state index contributed by atoms with van der Waals surface area (Å²) in [7, 11) is 0. The van der Waals surface area contributed by atoms with Crippen molar-refractivity contribution in [3.63, 3.8) is 0 Å². The van der Waals surface area contributed by atoms with Crippen LogP contribution in [0, 0.1) is 0 Å². The second kappa shape index (κ2) is 38.9. The highest BCUT2D eigenvalue weighted by Gasteiger charge is 2.19. The molecule has 2 heteroatoms. The van der Waals surface area contributed by atoms with Gasteiger partial charge in [0.25, 0.3) is 0 Å². The van der Waals surface area contributed by atoms with Gasteiger partial charge in [-0.2, -0.15) is 0 Å². The summed E-state index contributed by atoms with van der Waals surface area (Å²) in [4.78, 5) is 5.06. The van der Waals surface area contributed by atoms with Crippen LogP contribution in [0.1, 0.15) is 302 Å². The van der Waals surface area contributed by atoms with Gasteiger partial charge in [0.2, 0.25) is 0 Å². The average Bonchev–Trinajstić information content (AvgIpc) is 3.63. The van der Waals surface area contributed by atoms with Crippen LogP contribution in [0.5, 0.6) is 0 Å². The molecule has 0 saturated carbocycles. The molecule has 51 heavy (non-hydrogen) atoms. The molecule has 0 fully saturated rings. The third-order valence-corrected chi connectivity index (χ3v) is 12.1. The minimum Gasteiger partial charge on any atom is -0.332 e. The zero-order valence-corrected chi connectivity index (χ0v) is 36.0. The largest absolute Gasteiger partial charge is 0.332 e. The first-order valence-corrected chi connectivity index (χ1v) is 24.3. The van der Waals surface area contributed by atoms with E-state index in [0.717, 1.165) is 0 Å². The van der Waals surface area contributed by atoms with Crippen LogP contribution in [0.25, 0.3) is 0 Å². The smallest absolute Gasteiger partial charge is 0.111 e. The lowest BCUT2D eigenvalue weighted by Crippen LogP contribution is -2.13. The second-order valence-corrected chi connectivity index (χ2v) is 17.1. The second-order valence-electron chi connectivity index (χ2n) is 17.1. The van der Waals surface area contributed by atoms with E-state index in [0.29, 0.717) is 12.0 Å². The molecular formula is C49H96N2. The lowest BCUT2D eigenvalue weighted by atomic mass is 9.92. The summed E-state index contributed by atoms with van der Waals surface area (Å²) in [5, 5.41) is 0. The van der Waals surface area contributed by atoms with Gasteiger partial charge in [-0.15, -0.1) is 0 Å². The van der Waals surface area contributed by atoms with Gasteiger partial charge in [-0.1, -0.05) is 258 Å². The molecule has 0 aliphatic heterocycles. The van der Waals surface area contributed by atoms with Crippen LogP contribution < -0.4 is 0 Å². The lowest BCUT2D eigenvalue weighted by molar-refractivity contribution is 0.412. The number of unbranched alkanes of at least 4 members (excludes halogenated alkanes) is 34. The van der Waals surface area contributed by atoms with Crippen LogP contribution >= 0.6 is 0 Å². The van der Waals surface area contributed by atoms with E-state index in [1.807, 2.05) is 0 Å². The molecule has 0 bridgehead atoms. The maximum atomic E-state index is 5.06. The molecule has 0 aliphatic rings. The van der Waals surface area contributed by atoms with Crippen molar-refractivity contribution in [2.45, 2.75) is 296 Å². The van der Waals surface area contributed by atoms with E-state index >= 15 is 0 Å². The maximum Gasteiger partial charge on any atom is 0.111 e. The molecule has 1 aromatic rings.